The summed E-state index contributed by atoms with van der Waals surface area (Å²) < 4.78 is 40.3. The number of rotatable bonds is 5. The first-order valence-electron chi connectivity index (χ1n) is 8.11. The number of carbonyl (C=O) groups excluding carboxylic acids is 1. The number of nitrogens with zero attached hydrogens (tertiary/aromatic N) is 3. The lowest BCUT2D eigenvalue weighted by atomic mass is 10.2. The maximum atomic E-state index is 12.8. The van der Waals surface area contributed by atoms with E-state index in [1.807, 2.05) is 11.3 Å². The van der Waals surface area contributed by atoms with Crippen LogP contribution in [-0.4, -0.2) is 26.0 Å². The van der Waals surface area contributed by atoms with Gasteiger partial charge in [0.2, 0.25) is 5.91 Å². The molecule has 28 heavy (non-hydrogen) atoms. The maximum Gasteiger partial charge on any atom is 0.433 e. The van der Waals surface area contributed by atoms with Gasteiger partial charge in [0, 0.05) is 17.3 Å². The van der Waals surface area contributed by atoms with E-state index in [1.165, 1.54) is 11.8 Å². The number of nitrogen functional groups attached to an aromatic ring is 1. The number of nitrogens with two attached hydrogens (primary N) is 1. The Morgan fingerprint density at radius 3 is 2.82 bits per heavy atom. The third-order valence-corrected chi connectivity index (χ3v) is 4.95. The molecular weight excluding hydrogens is 415 g/mol. The molecule has 0 aromatic carbocycles. The molecule has 0 radical (unpaired) electrons. The third kappa shape index (κ3) is 4.33. The summed E-state index contributed by atoms with van der Waals surface area (Å²) in [6.45, 7) is 1.96. The van der Waals surface area contributed by atoms with Crippen molar-refractivity contribution in [1.82, 2.24) is 14.4 Å². The minimum Gasteiger partial charge on any atom is -0.396 e. The molecule has 0 saturated heterocycles. The Hall–Kier alpha value is -2.46. The topological polar surface area (TPSA) is 85.3 Å². The van der Waals surface area contributed by atoms with Crippen molar-refractivity contribution in [3.05, 3.63) is 47.0 Å². The van der Waals surface area contributed by atoms with Crippen LogP contribution in [0.15, 0.2) is 35.6 Å². The number of imidazole rings is 1. The molecule has 3 aromatic heterocycles. The van der Waals surface area contributed by atoms with E-state index in [2.05, 4.69) is 15.3 Å². The summed E-state index contributed by atoms with van der Waals surface area (Å²) in [5, 5.41) is 3.68. The van der Waals surface area contributed by atoms with Crippen LogP contribution in [0.5, 0.6) is 0 Å². The first-order valence-corrected chi connectivity index (χ1v) is 9.47. The average molecular weight is 430 g/mol. The number of thioether (sulfide) groups is 1. The molecule has 0 saturated carbocycles. The number of nitrogens with one attached hydrogen (secondary N) is 1. The van der Waals surface area contributed by atoms with Gasteiger partial charge in [-0.05, 0) is 17.9 Å². The standard InChI is InChI=1S/C17H15ClF3N5OS/c1-2-28-16-12(24-14-5-9(18)3-4-26(14)16)7-15(27)25-11-6-13(17(19,20)21)23-8-10(11)22/h3-6,8H,2,7,22H2,1H3,(H,23,25,27). The molecule has 148 valence electrons. The molecule has 0 unspecified atom stereocenters. The van der Waals surface area contributed by atoms with Crippen LogP contribution in [-0.2, 0) is 17.4 Å². The van der Waals surface area contributed by atoms with E-state index in [1.54, 1.807) is 18.3 Å². The number of carbonyl (C=O) groups is 1. The Balaban J connectivity index is 1.87. The molecule has 0 spiro atoms. The summed E-state index contributed by atoms with van der Waals surface area (Å²) in [5.41, 5.74) is 5.37. The zero-order chi connectivity index (χ0) is 20.5. The summed E-state index contributed by atoms with van der Waals surface area (Å²) in [6.07, 6.45) is -2.16. The molecule has 0 atom stereocenters. The maximum absolute atomic E-state index is 12.8. The molecule has 0 aliphatic carbocycles. The molecule has 11 heteroatoms. The van der Waals surface area contributed by atoms with E-state index in [9.17, 15) is 18.0 Å². The van der Waals surface area contributed by atoms with Crippen LogP contribution in [0.1, 0.15) is 18.3 Å². The summed E-state index contributed by atoms with van der Waals surface area (Å²) in [4.78, 5) is 20.1. The van der Waals surface area contributed by atoms with E-state index in [-0.39, 0.29) is 17.8 Å². The van der Waals surface area contributed by atoms with Crippen LogP contribution in [0.4, 0.5) is 24.5 Å². The van der Waals surface area contributed by atoms with Gasteiger partial charge in [-0.15, -0.1) is 11.8 Å². The number of pyridine rings is 2. The van der Waals surface area contributed by atoms with Crippen molar-refractivity contribution in [1.29, 1.82) is 0 Å². The van der Waals surface area contributed by atoms with E-state index in [0.717, 1.165) is 17.0 Å². The smallest absolute Gasteiger partial charge is 0.396 e. The zero-order valence-electron chi connectivity index (χ0n) is 14.5. The molecule has 3 N–H and O–H groups in total. The van der Waals surface area contributed by atoms with Gasteiger partial charge in [-0.25, -0.2) is 9.97 Å². The van der Waals surface area contributed by atoms with Crippen LogP contribution in [0.3, 0.4) is 0 Å². The second-order valence-electron chi connectivity index (χ2n) is 5.75. The molecule has 0 bridgehead atoms. The van der Waals surface area contributed by atoms with Gasteiger partial charge in [-0.1, -0.05) is 18.5 Å². The molecule has 6 nitrogen and oxygen atoms in total. The number of aromatic nitrogens is 3. The minimum atomic E-state index is -4.64. The predicted molar refractivity (Wildman–Crippen MR) is 103 cm³/mol. The highest BCUT2D eigenvalue weighted by atomic mass is 35.5. The van der Waals surface area contributed by atoms with Crippen molar-refractivity contribution >= 4 is 46.3 Å². The Kier molecular flexibility index (Phi) is 5.71. The molecule has 3 heterocycles. The van der Waals surface area contributed by atoms with Crippen molar-refractivity contribution < 1.29 is 18.0 Å². The molecule has 0 aliphatic heterocycles. The largest absolute Gasteiger partial charge is 0.433 e. The molecule has 3 aromatic rings. The van der Waals surface area contributed by atoms with Crippen LogP contribution < -0.4 is 11.1 Å². The van der Waals surface area contributed by atoms with Gasteiger partial charge in [0.25, 0.3) is 0 Å². The third-order valence-electron chi connectivity index (χ3n) is 3.72. The highest BCUT2D eigenvalue weighted by Gasteiger charge is 2.33. The predicted octanol–water partition coefficient (Wildman–Crippen LogP) is 4.28. The first kappa shape index (κ1) is 20.3. The molecular formula is C17H15ClF3N5OS. The number of alkyl halides is 3. The fraction of sp³-hybridized carbons (Fsp3) is 0.235. The van der Waals surface area contributed by atoms with Gasteiger partial charge in [-0.2, -0.15) is 13.2 Å². The fourth-order valence-corrected chi connectivity index (χ4v) is 3.53. The molecule has 0 fully saturated rings. The highest BCUT2D eigenvalue weighted by molar-refractivity contribution is 7.99. The Bertz CT molecular complexity index is 1040. The number of fused-ring (bicyclic) bond motifs is 1. The normalized spacial score (nSPS) is 11.8. The summed E-state index contributed by atoms with van der Waals surface area (Å²) in [6, 6.07) is 4.08. The van der Waals surface area contributed by atoms with Crippen molar-refractivity contribution in [2.45, 2.75) is 24.5 Å². The number of halogens is 4. The quantitative estimate of drug-likeness (QED) is 0.591. The van der Waals surface area contributed by atoms with E-state index >= 15 is 0 Å². The second kappa shape index (κ2) is 7.88. The van der Waals surface area contributed by atoms with Crippen molar-refractivity contribution in [3.8, 4) is 0 Å². The zero-order valence-corrected chi connectivity index (χ0v) is 16.1. The van der Waals surface area contributed by atoms with Gasteiger partial charge in [-0.3, -0.25) is 9.20 Å². The van der Waals surface area contributed by atoms with Crippen LogP contribution in [0.2, 0.25) is 5.02 Å². The monoisotopic (exact) mass is 429 g/mol. The number of anilines is 2. The van der Waals surface area contributed by atoms with Gasteiger partial charge in [0.1, 0.15) is 16.4 Å². The first-order chi connectivity index (χ1) is 13.2. The molecule has 3 rings (SSSR count). The van der Waals surface area contributed by atoms with Crippen LogP contribution in [0.25, 0.3) is 5.65 Å². The van der Waals surface area contributed by atoms with Crippen LogP contribution in [0, 0.1) is 0 Å². The lowest BCUT2D eigenvalue weighted by Gasteiger charge is -2.11. The fourth-order valence-electron chi connectivity index (χ4n) is 2.53. The highest BCUT2D eigenvalue weighted by Crippen LogP contribution is 2.31. The summed E-state index contributed by atoms with van der Waals surface area (Å²) in [5.74, 6) is 0.204. The number of amides is 1. The lowest BCUT2D eigenvalue weighted by molar-refractivity contribution is -0.141. The Morgan fingerprint density at radius 1 is 1.39 bits per heavy atom. The van der Waals surface area contributed by atoms with Crippen molar-refractivity contribution in [2.24, 2.45) is 0 Å². The van der Waals surface area contributed by atoms with Gasteiger partial charge in [0.15, 0.2) is 0 Å². The van der Waals surface area contributed by atoms with Crippen LogP contribution >= 0.6 is 23.4 Å². The summed E-state index contributed by atoms with van der Waals surface area (Å²) >= 11 is 7.48. The second-order valence-corrected chi connectivity index (χ2v) is 7.44. The lowest BCUT2D eigenvalue weighted by Crippen LogP contribution is -2.18. The Labute approximate surface area is 167 Å². The SMILES string of the molecule is CCSc1c(CC(=O)Nc2cc(C(F)(F)F)ncc2N)nc2cc(Cl)ccn12. The van der Waals surface area contributed by atoms with Crippen molar-refractivity contribution in [3.63, 3.8) is 0 Å². The average Bonchev–Trinajstić information content (AvgIpc) is 2.92. The summed E-state index contributed by atoms with van der Waals surface area (Å²) in [7, 11) is 0. The van der Waals surface area contributed by atoms with E-state index < -0.39 is 17.8 Å². The van der Waals surface area contributed by atoms with Gasteiger partial charge >= 0.3 is 6.18 Å². The van der Waals surface area contributed by atoms with E-state index in [0.29, 0.717) is 22.4 Å². The van der Waals surface area contributed by atoms with Gasteiger partial charge < -0.3 is 11.1 Å². The molecule has 1 amide bonds. The minimum absolute atomic E-state index is 0.0636. The molecule has 0 aliphatic rings. The van der Waals surface area contributed by atoms with Crippen molar-refractivity contribution in [2.75, 3.05) is 16.8 Å². The van der Waals surface area contributed by atoms with Gasteiger partial charge in [0.05, 0.1) is 29.7 Å². The van der Waals surface area contributed by atoms with E-state index in [4.69, 9.17) is 17.3 Å². The number of hydrogen-bond donors (Lipinski definition) is 2. The Morgan fingerprint density at radius 2 is 2.14 bits per heavy atom. The number of hydrogen-bond acceptors (Lipinski definition) is 5.